The van der Waals surface area contributed by atoms with E-state index in [-0.39, 0.29) is 31.2 Å². The molecule has 1 spiro atoms. The summed E-state index contributed by atoms with van der Waals surface area (Å²) in [6.45, 7) is 6.09. The van der Waals surface area contributed by atoms with Crippen molar-refractivity contribution in [3.05, 3.63) is 0 Å². The molecule has 0 amide bonds. The fourth-order valence-electron chi connectivity index (χ4n) is 2.67. The van der Waals surface area contributed by atoms with Crippen LogP contribution in [-0.2, 0) is 23.8 Å². The van der Waals surface area contributed by atoms with Crippen molar-refractivity contribution in [2.24, 2.45) is 5.92 Å². The van der Waals surface area contributed by atoms with Gasteiger partial charge in [-0.15, -0.1) is 0 Å². The third-order valence-electron chi connectivity index (χ3n) is 3.30. The average Bonchev–Trinajstić information content (AvgIpc) is 2.69. The lowest BCUT2D eigenvalue weighted by molar-refractivity contribution is -0.156. The van der Waals surface area contributed by atoms with Gasteiger partial charge in [0, 0.05) is 6.42 Å². The third-order valence-corrected chi connectivity index (χ3v) is 3.30. The first-order chi connectivity index (χ1) is 7.90. The Balaban J connectivity index is 2.22. The second-order valence-corrected chi connectivity index (χ2v) is 5.23. The van der Waals surface area contributed by atoms with Crippen LogP contribution in [0, 0.1) is 5.92 Å². The van der Waals surface area contributed by atoms with Crippen LogP contribution in [0.2, 0.25) is 0 Å². The molecule has 0 aliphatic carbocycles. The summed E-state index contributed by atoms with van der Waals surface area (Å²) in [7, 11) is 0. The maximum atomic E-state index is 11.8. The predicted molar refractivity (Wildman–Crippen MR) is 58.5 cm³/mol. The van der Waals surface area contributed by atoms with E-state index in [1.165, 1.54) is 0 Å². The van der Waals surface area contributed by atoms with Gasteiger partial charge >= 0.3 is 5.97 Å². The standard InChI is InChI=1S/C12H18O5/c1-4-15-10(14)9-8(13)5-16-12(9)6-11(2,3)17-7-12/h9H,4-7H2,1-3H3. The van der Waals surface area contributed by atoms with Gasteiger partial charge in [-0.25, -0.2) is 0 Å². The molecule has 2 aliphatic heterocycles. The van der Waals surface area contributed by atoms with E-state index in [1.807, 2.05) is 13.8 Å². The third kappa shape index (κ3) is 2.09. The predicted octanol–water partition coefficient (Wildman–Crippen LogP) is 0.703. The van der Waals surface area contributed by atoms with Gasteiger partial charge in [-0.3, -0.25) is 9.59 Å². The molecule has 2 fully saturated rings. The van der Waals surface area contributed by atoms with Gasteiger partial charge < -0.3 is 14.2 Å². The van der Waals surface area contributed by atoms with Gasteiger partial charge in [0.15, 0.2) is 5.78 Å². The smallest absolute Gasteiger partial charge is 0.319 e. The number of hydrogen-bond acceptors (Lipinski definition) is 5. The second-order valence-electron chi connectivity index (χ2n) is 5.23. The highest BCUT2D eigenvalue weighted by atomic mass is 16.6. The lowest BCUT2D eigenvalue weighted by atomic mass is 9.82. The Morgan fingerprint density at radius 1 is 1.47 bits per heavy atom. The van der Waals surface area contributed by atoms with Crippen LogP contribution in [0.1, 0.15) is 27.2 Å². The van der Waals surface area contributed by atoms with Crippen LogP contribution in [0.3, 0.4) is 0 Å². The maximum Gasteiger partial charge on any atom is 0.319 e. The molecule has 17 heavy (non-hydrogen) atoms. The van der Waals surface area contributed by atoms with Gasteiger partial charge in [0.05, 0.1) is 18.8 Å². The topological polar surface area (TPSA) is 61.8 Å². The van der Waals surface area contributed by atoms with E-state index >= 15 is 0 Å². The lowest BCUT2D eigenvalue weighted by Crippen LogP contribution is -2.44. The van der Waals surface area contributed by atoms with E-state index in [9.17, 15) is 9.59 Å². The SMILES string of the molecule is CCOC(=O)C1C(=O)COC12COC(C)(C)C2. The van der Waals surface area contributed by atoms with Gasteiger partial charge in [-0.1, -0.05) is 0 Å². The molecule has 0 radical (unpaired) electrons. The number of Topliss-reactive ketones (excluding diaryl/α,β-unsaturated/α-hetero) is 1. The van der Waals surface area contributed by atoms with Crippen molar-refractivity contribution in [2.45, 2.75) is 38.4 Å². The minimum atomic E-state index is -0.829. The first-order valence-corrected chi connectivity index (χ1v) is 5.87. The van der Waals surface area contributed by atoms with Crippen molar-refractivity contribution in [3.8, 4) is 0 Å². The molecule has 5 nitrogen and oxygen atoms in total. The molecule has 2 atom stereocenters. The fourth-order valence-corrected chi connectivity index (χ4v) is 2.67. The molecule has 2 aliphatic rings. The highest BCUT2D eigenvalue weighted by Gasteiger charge is 2.60. The van der Waals surface area contributed by atoms with Crippen molar-refractivity contribution in [1.29, 1.82) is 0 Å². The summed E-state index contributed by atoms with van der Waals surface area (Å²) in [5.74, 6) is -1.52. The average molecular weight is 242 g/mol. The van der Waals surface area contributed by atoms with Crippen molar-refractivity contribution >= 4 is 11.8 Å². The first kappa shape index (κ1) is 12.5. The molecule has 0 N–H and O–H groups in total. The van der Waals surface area contributed by atoms with Gasteiger partial charge in [0.2, 0.25) is 0 Å². The van der Waals surface area contributed by atoms with E-state index in [1.54, 1.807) is 6.92 Å². The summed E-state index contributed by atoms with van der Waals surface area (Å²) in [4.78, 5) is 23.6. The summed E-state index contributed by atoms with van der Waals surface area (Å²) >= 11 is 0. The molecule has 96 valence electrons. The van der Waals surface area contributed by atoms with Crippen molar-refractivity contribution in [2.75, 3.05) is 19.8 Å². The number of carbonyl (C=O) groups excluding carboxylic acids is 2. The molecule has 2 saturated heterocycles. The molecule has 5 heteroatoms. The van der Waals surface area contributed by atoms with E-state index < -0.39 is 17.5 Å². The lowest BCUT2D eigenvalue weighted by Gasteiger charge is -2.26. The molecule has 2 unspecified atom stereocenters. The molecule has 0 aromatic rings. The van der Waals surface area contributed by atoms with Crippen LogP contribution in [-0.4, -0.2) is 42.8 Å². The van der Waals surface area contributed by atoms with Gasteiger partial charge in [0.1, 0.15) is 18.1 Å². The summed E-state index contributed by atoms with van der Waals surface area (Å²) < 4.78 is 16.1. The van der Waals surface area contributed by atoms with Crippen LogP contribution in [0.25, 0.3) is 0 Å². The zero-order chi connectivity index (χ0) is 12.7. The van der Waals surface area contributed by atoms with E-state index in [0.717, 1.165) is 0 Å². The molecular weight excluding hydrogens is 224 g/mol. The Morgan fingerprint density at radius 2 is 2.18 bits per heavy atom. The van der Waals surface area contributed by atoms with Crippen LogP contribution >= 0.6 is 0 Å². The Bertz CT molecular complexity index is 349. The summed E-state index contributed by atoms with van der Waals surface area (Å²) in [6.07, 6.45) is 0.537. The Kier molecular flexibility index (Phi) is 2.99. The zero-order valence-corrected chi connectivity index (χ0v) is 10.4. The van der Waals surface area contributed by atoms with Crippen LogP contribution in [0.5, 0.6) is 0 Å². The minimum absolute atomic E-state index is 0.0249. The number of carbonyl (C=O) groups is 2. The summed E-state index contributed by atoms with van der Waals surface area (Å²) in [5, 5.41) is 0. The minimum Gasteiger partial charge on any atom is -0.465 e. The van der Waals surface area contributed by atoms with Crippen molar-refractivity contribution in [3.63, 3.8) is 0 Å². The molecule has 0 aromatic heterocycles. The van der Waals surface area contributed by atoms with E-state index in [4.69, 9.17) is 14.2 Å². The Labute approximate surface area is 100 Å². The second kappa shape index (κ2) is 4.07. The zero-order valence-electron chi connectivity index (χ0n) is 10.4. The van der Waals surface area contributed by atoms with Gasteiger partial charge in [-0.05, 0) is 20.8 Å². The summed E-state index contributed by atoms with van der Waals surface area (Å²) in [5.41, 5.74) is -1.18. The van der Waals surface area contributed by atoms with Gasteiger partial charge in [-0.2, -0.15) is 0 Å². The number of hydrogen-bond donors (Lipinski definition) is 0. The number of ketones is 1. The molecule has 2 rings (SSSR count). The van der Waals surface area contributed by atoms with Crippen molar-refractivity contribution in [1.82, 2.24) is 0 Å². The molecule has 2 heterocycles. The van der Waals surface area contributed by atoms with E-state index in [0.29, 0.717) is 6.42 Å². The Morgan fingerprint density at radius 3 is 2.71 bits per heavy atom. The number of ether oxygens (including phenoxy) is 3. The number of rotatable bonds is 2. The highest BCUT2D eigenvalue weighted by Crippen LogP contribution is 2.44. The summed E-state index contributed by atoms with van der Waals surface area (Å²) in [6, 6.07) is 0. The van der Waals surface area contributed by atoms with Crippen LogP contribution < -0.4 is 0 Å². The molecule has 0 saturated carbocycles. The maximum absolute atomic E-state index is 11.8. The normalized spacial score (nSPS) is 35.5. The highest BCUT2D eigenvalue weighted by molar-refractivity contribution is 6.02. The molecular formula is C12H18O5. The largest absolute Gasteiger partial charge is 0.465 e. The van der Waals surface area contributed by atoms with E-state index in [2.05, 4.69) is 0 Å². The number of esters is 1. The van der Waals surface area contributed by atoms with Crippen molar-refractivity contribution < 1.29 is 23.8 Å². The molecule has 0 bridgehead atoms. The quantitative estimate of drug-likeness (QED) is 0.527. The monoisotopic (exact) mass is 242 g/mol. The first-order valence-electron chi connectivity index (χ1n) is 5.87. The van der Waals surface area contributed by atoms with Crippen LogP contribution in [0.15, 0.2) is 0 Å². The van der Waals surface area contributed by atoms with Crippen LogP contribution in [0.4, 0.5) is 0 Å². The fraction of sp³-hybridized carbons (Fsp3) is 0.833. The Hall–Kier alpha value is -0.940. The molecule has 0 aromatic carbocycles. The van der Waals surface area contributed by atoms with Gasteiger partial charge in [0.25, 0.3) is 0 Å².